The van der Waals surface area contributed by atoms with E-state index in [1.54, 1.807) is 0 Å². The van der Waals surface area contributed by atoms with Gasteiger partial charge in [0.05, 0.1) is 6.26 Å². The van der Waals surface area contributed by atoms with Crippen molar-refractivity contribution in [2.75, 3.05) is 24.7 Å². The fraction of sp³-hybridized carbons (Fsp3) is 0.562. The summed E-state index contributed by atoms with van der Waals surface area (Å²) in [5, 5.41) is 2.86. The molecule has 5 nitrogen and oxygen atoms in total. The van der Waals surface area contributed by atoms with E-state index in [0.29, 0.717) is 6.54 Å². The van der Waals surface area contributed by atoms with Gasteiger partial charge in [-0.2, -0.15) is 0 Å². The van der Waals surface area contributed by atoms with Crippen LogP contribution in [0.15, 0.2) is 24.3 Å². The number of carbonyl (C=O) groups excluding carboxylic acids is 1. The van der Waals surface area contributed by atoms with Crippen LogP contribution in [0.4, 0.5) is 5.69 Å². The van der Waals surface area contributed by atoms with Crippen molar-refractivity contribution in [3.05, 3.63) is 29.8 Å². The van der Waals surface area contributed by atoms with Gasteiger partial charge in [0, 0.05) is 25.2 Å². The average molecular weight is 326 g/mol. The Morgan fingerprint density at radius 2 is 1.91 bits per heavy atom. The molecule has 6 heteroatoms. The number of benzene rings is 1. The summed E-state index contributed by atoms with van der Waals surface area (Å²) in [5.74, 6) is 0.0527. The summed E-state index contributed by atoms with van der Waals surface area (Å²) >= 11 is 0. The number of carbonyl (C=O) groups is 1. The lowest BCUT2D eigenvalue weighted by molar-refractivity contribution is -0.116. The van der Waals surface area contributed by atoms with E-state index in [0.717, 1.165) is 17.7 Å². The number of hydrogen-bond donors (Lipinski definition) is 1. The summed E-state index contributed by atoms with van der Waals surface area (Å²) in [6.07, 6.45) is 2.16. The number of rotatable bonds is 8. The number of sulfonamides is 1. The van der Waals surface area contributed by atoms with Gasteiger partial charge in [-0.25, -0.2) is 12.7 Å². The Morgan fingerprint density at radius 1 is 1.27 bits per heavy atom. The number of hydrogen-bond acceptors (Lipinski definition) is 3. The largest absolute Gasteiger partial charge is 0.326 e. The molecule has 1 amide bonds. The highest BCUT2D eigenvalue weighted by Gasteiger charge is 2.19. The van der Waals surface area contributed by atoms with Crippen LogP contribution in [-0.2, 0) is 21.2 Å². The van der Waals surface area contributed by atoms with Crippen LogP contribution >= 0.6 is 0 Å². The molecule has 22 heavy (non-hydrogen) atoms. The molecule has 0 saturated carbocycles. The highest BCUT2D eigenvalue weighted by Crippen LogP contribution is 2.16. The maximum Gasteiger partial charge on any atom is 0.225 e. The van der Waals surface area contributed by atoms with E-state index in [1.165, 1.54) is 10.6 Å². The molecule has 1 aromatic carbocycles. The Hall–Kier alpha value is -1.40. The summed E-state index contributed by atoms with van der Waals surface area (Å²) in [5.41, 5.74) is 1.86. The van der Waals surface area contributed by atoms with Crippen LogP contribution in [0, 0.1) is 5.92 Å². The summed E-state index contributed by atoms with van der Waals surface area (Å²) in [6, 6.07) is 7.63. The number of nitrogens with zero attached hydrogens (tertiary/aromatic N) is 1. The van der Waals surface area contributed by atoms with Crippen LogP contribution in [0.2, 0.25) is 0 Å². The number of nitrogens with one attached hydrogen (secondary N) is 1. The Kier molecular flexibility index (Phi) is 7.03. The van der Waals surface area contributed by atoms with E-state index in [9.17, 15) is 13.2 Å². The average Bonchev–Trinajstić information content (AvgIpc) is 2.42. The maximum absolute atomic E-state index is 12.1. The zero-order valence-corrected chi connectivity index (χ0v) is 14.6. The van der Waals surface area contributed by atoms with Gasteiger partial charge in [-0.05, 0) is 24.0 Å². The molecule has 0 radical (unpaired) electrons. The van der Waals surface area contributed by atoms with Crippen LogP contribution in [0.1, 0.15) is 32.8 Å². The van der Waals surface area contributed by atoms with Gasteiger partial charge >= 0.3 is 0 Å². The maximum atomic E-state index is 12.1. The van der Waals surface area contributed by atoms with Crippen molar-refractivity contribution in [2.45, 2.75) is 33.6 Å². The third-order valence-corrected chi connectivity index (χ3v) is 4.57. The van der Waals surface area contributed by atoms with Crippen LogP contribution in [0.5, 0.6) is 0 Å². The van der Waals surface area contributed by atoms with Gasteiger partial charge in [-0.3, -0.25) is 4.79 Å². The fourth-order valence-electron chi connectivity index (χ4n) is 2.19. The first-order valence-corrected chi connectivity index (χ1v) is 9.41. The van der Waals surface area contributed by atoms with Gasteiger partial charge in [0.2, 0.25) is 15.9 Å². The molecule has 0 heterocycles. The van der Waals surface area contributed by atoms with E-state index in [2.05, 4.69) is 5.32 Å². The van der Waals surface area contributed by atoms with Crippen molar-refractivity contribution in [3.63, 3.8) is 0 Å². The molecule has 0 fully saturated rings. The van der Waals surface area contributed by atoms with Gasteiger partial charge in [0.15, 0.2) is 0 Å². The van der Waals surface area contributed by atoms with E-state index >= 15 is 0 Å². The molecule has 0 aliphatic carbocycles. The van der Waals surface area contributed by atoms with Gasteiger partial charge in [0.1, 0.15) is 0 Å². The second-order valence-electron chi connectivity index (χ2n) is 5.82. The van der Waals surface area contributed by atoms with E-state index in [4.69, 9.17) is 0 Å². The summed E-state index contributed by atoms with van der Waals surface area (Å²) in [6.45, 7) is 6.57. The minimum absolute atomic E-state index is 0.151. The Balaban J connectivity index is 2.64. The molecule has 0 atom stereocenters. The first-order chi connectivity index (χ1) is 10.2. The molecule has 0 saturated heterocycles. The minimum atomic E-state index is -3.29. The predicted molar refractivity (Wildman–Crippen MR) is 90.3 cm³/mol. The lowest BCUT2D eigenvalue weighted by Gasteiger charge is -2.21. The van der Waals surface area contributed by atoms with Gasteiger partial charge in [-0.15, -0.1) is 0 Å². The Bertz CT molecular complexity index is 597. The number of amides is 1. The van der Waals surface area contributed by atoms with Crippen molar-refractivity contribution in [1.82, 2.24) is 4.31 Å². The van der Waals surface area contributed by atoms with Crippen LogP contribution in [0.3, 0.4) is 0 Å². The monoisotopic (exact) mass is 326 g/mol. The highest BCUT2D eigenvalue weighted by atomic mass is 32.2. The highest BCUT2D eigenvalue weighted by molar-refractivity contribution is 7.88. The second-order valence-corrected chi connectivity index (χ2v) is 7.81. The van der Waals surface area contributed by atoms with Crippen LogP contribution in [0.25, 0.3) is 0 Å². The standard InChI is InChI=1S/C16H26N2O3S/c1-5-14-8-6-7-9-15(14)17-16(19)10-11-18(12-13(2)3)22(4,20)21/h6-9,13H,5,10-12H2,1-4H3,(H,17,19). The molecule has 0 bridgehead atoms. The predicted octanol–water partition coefficient (Wildman–Crippen LogP) is 2.50. The third-order valence-electron chi connectivity index (χ3n) is 3.30. The molecule has 0 unspecified atom stereocenters. The molecule has 124 valence electrons. The molecule has 1 N–H and O–H groups in total. The molecule has 0 aliphatic rings. The molecular weight excluding hydrogens is 300 g/mol. The van der Waals surface area contributed by atoms with E-state index < -0.39 is 10.0 Å². The van der Waals surface area contributed by atoms with Crippen molar-refractivity contribution in [2.24, 2.45) is 5.92 Å². The fourth-order valence-corrected chi connectivity index (χ4v) is 3.18. The van der Waals surface area contributed by atoms with E-state index in [1.807, 2.05) is 45.0 Å². The number of para-hydroxylation sites is 1. The third kappa shape index (κ3) is 6.15. The first kappa shape index (κ1) is 18.6. The number of aryl methyl sites for hydroxylation is 1. The molecule has 0 spiro atoms. The smallest absolute Gasteiger partial charge is 0.225 e. The summed E-state index contributed by atoms with van der Waals surface area (Å²) < 4.78 is 24.8. The SMILES string of the molecule is CCc1ccccc1NC(=O)CCN(CC(C)C)S(C)(=O)=O. The van der Waals surface area contributed by atoms with E-state index in [-0.39, 0.29) is 24.8 Å². The zero-order valence-electron chi connectivity index (χ0n) is 13.8. The summed E-state index contributed by atoms with van der Waals surface area (Å²) in [7, 11) is -3.29. The summed E-state index contributed by atoms with van der Waals surface area (Å²) in [4.78, 5) is 12.1. The Morgan fingerprint density at radius 3 is 2.45 bits per heavy atom. The zero-order chi connectivity index (χ0) is 16.8. The quantitative estimate of drug-likeness (QED) is 0.798. The van der Waals surface area contributed by atoms with Crippen LogP contribution in [-0.4, -0.2) is 38.0 Å². The van der Waals surface area contributed by atoms with Crippen molar-refractivity contribution >= 4 is 21.6 Å². The minimum Gasteiger partial charge on any atom is -0.326 e. The molecule has 0 aromatic heterocycles. The van der Waals surface area contributed by atoms with Gasteiger partial charge in [0.25, 0.3) is 0 Å². The normalized spacial score (nSPS) is 11.9. The lowest BCUT2D eigenvalue weighted by Crippen LogP contribution is -2.35. The lowest BCUT2D eigenvalue weighted by atomic mass is 10.1. The van der Waals surface area contributed by atoms with Crippen molar-refractivity contribution in [1.29, 1.82) is 0 Å². The van der Waals surface area contributed by atoms with Crippen molar-refractivity contribution < 1.29 is 13.2 Å². The van der Waals surface area contributed by atoms with Crippen LogP contribution < -0.4 is 5.32 Å². The topological polar surface area (TPSA) is 66.5 Å². The Labute approximate surface area is 133 Å². The molecular formula is C16H26N2O3S. The molecule has 1 aromatic rings. The van der Waals surface area contributed by atoms with Gasteiger partial charge < -0.3 is 5.32 Å². The number of anilines is 1. The first-order valence-electron chi connectivity index (χ1n) is 7.57. The van der Waals surface area contributed by atoms with Crippen molar-refractivity contribution in [3.8, 4) is 0 Å². The second kappa shape index (κ2) is 8.29. The van der Waals surface area contributed by atoms with Gasteiger partial charge in [-0.1, -0.05) is 39.0 Å². The molecule has 0 aliphatic heterocycles. The molecule has 1 rings (SSSR count).